The normalized spacial score (nSPS) is 10.3. The molecule has 0 aliphatic carbocycles. The first-order valence-electron chi connectivity index (χ1n) is 5.79. The molecule has 0 aliphatic heterocycles. The van der Waals surface area contributed by atoms with E-state index >= 15 is 0 Å². The van der Waals surface area contributed by atoms with Crippen molar-refractivity contribution in [2.45, 2.75) is 6.54 Å². The summed E-state index contributed by atoms with van der Waals surface area (Å²) in [6.45, 7) is 0.499. The maximum atomic E-state index is 9.17. The van der Waals surface area contributed by atoms with Gasteiger partial charge in [-0.2, -0.15) is 5.26 Å². The molecule has 0 fully saturated rings. The van der Waals surface area contributed by atoms with E-state index in [2.05, 4.69) is 21.5 Å². The van der Waals surface area contributed by atoms with Crippen LogP contribution in [-0.4, -0.2) is 10.1 Å². The molecule has 5 nitrogen and oxygen atoms in total. The first kappa shape index (κ1) is 11.2. The van der Waals surface area contributed by atoms with Gasteiger partial charge in [-0.25, -0.2) is 0 Å². The van der Waals surface area contributed by atoms with Gasteiger partial charge in [-0.3, -0.25) is 4.98 Å². The predicted molar refractivity (Wildman–Crippen MR) is 70.3 cm³/mol. The molecule has 3 rings (SSSR count). The lowest BCUT2D eigenvalue weighted by molar-refractivity contribution is 0.412. The van der Waals surface area contributed by atoms with Crippen LogP contribution in [0.1, 0.15) is 11.3 Å². The van der Waals surface area contributed by atoms with Gasteiger partial charge in [0.05, 0.1) is 23.3 Å². The van der Waals surface area contributed by atoms with E-state index in [9.17, 15) is 5.26 Å². The van der Waals surface area contributed by atoms with Crippen LogP contribution in [0.25, 0.3) is 10.9 Å². The summed E-state index contributed by atoms with van der Waals surface area (Å²) in [5.74, 6) is 0. The van der Waals surface area contributed by atoms with Crippen LogP contribution in [0.15, 0.2) is 47.3 Å². The molecular weight excluding hydrogens is 240 g/mol. The van der Waals surface area contributed by atoms with Crippen molar-refractivity contribution < 1.29 is 4.52 Å². The molecule has 0 saturated carbocycles. The van der Waals surface area contributed by atoms with Gasteiger partial charge in [0.2, 0.25) is 0 Å². The number of rotatable bonds is 3. The topological polar surface area (TPSA) is 74.7 Å². The molecule has 19 heavy (non-hydrogen) atoms. The molecule has 0 amide bonds. The lowest BCUT2D eigenvalue weighted by Gasteiger charge is -2.09. The maximum Gasteiger partial charge on any atom is 0.124 e. The Bertz CT molecular complexity index is 744. The molecule has 92 valence electrons. The van der Waals surface area contributed by atoms with Gasteiger partial charge in [-0.1, -0.05) is 23.4 Å². The summed E-state index contributed by atoms with van der Waals surface area (Å²) in [5, 5.41) is 17.1. The summed E-state index contributed by atoms with van der Waals surface area (Å²) in [6, 6.07) is 11.6. The molecule has 0 radical (unpaired) electrons. The SMILES string of the molecule is N#Cc1cnc2ccccc2c1NCc1ccon1. The second-order valence-electron chi connectivity index (χ2n) is 4.02. The van der Waals surface area contributed by atoms with Gasteiger partial charge in [0.25, 0.3) is 0 Å². The lowest BCUT2D eigenvalue weighted by Crippen LogP contribution is -2.03. The summed E-state index contributed by atoms with van der Waals surface area (Å²) in [4.78, 5) is 4.26. The summed E-state index contributed by atoms with van der Waals surface area (Å²) < 4.78 is 4.78. The Morgan fingerprint density at radius 1 is 1.26 bits per heavy atom. The molecule has 0 aliphatic rings. The highest BCUT2D eigenvalue weighted by atomic mass is 16.5. The van der Waals surface area contributed by atoms with E-state index in [1.165, 1.54) is 6.26 Å². The van der Waals surface area contributed by atoms with Crippen LogP contribution in [0.3, 0.4) is 0 Å². The summed E-state index contributed by atoms with van der Waals surface area (Å²) in [7, 11) is 0. The largest absolute Gasteiger partial charge is 0.378 e. The van der Waals surface area contributed by atoms with E-state index in [1.807, 2.05) is 24.3 Å². The molecule has 0 saturated heterocycles. The van der Waals surface area contributed by atoms with Crippen LogP contribution in [0.2, 0.25) is 0 Å². The number of hydrogen-bond donors (Lipinski definition) is 1. The van der Waals surface area contributed by atoms with Crippen molar-refractivity contribution >= 4 is 16.6 Å². The predicted octanol–water partition coefficient (Wildman–Crippen LogP) is 2.71. The number of hydrogen-bond acceptors (Lipinski definition) is 5. The third-order valence-electron chi connectivity index (χ3n) is 2.83. The second kappa shape index (κ2) is 4.78. The second-order valence-corrected chi connectivity index (χ2v) is 4.02. The highest BCUT2D eigenvalue weighted by Gasteiger charge is 2.08. The van der Waals surface area contributed by atoms with Crippen molar-refractivity contribution in [3.8, 4) is 6.07 Å². The Labute approximate surface area is 109 Å². The Kier molecular flexibility index (Phi) is 2.83. The van der Waals surface area contributed by atoms with Crippen LogP contribution >= 0.6 is 0 Å². The lowest BCUT2D eigenvalue weighted by atomic mass is 10.1. The van der Waals surface area contributed by atoms with Crippen molar-refractivity contribution in [3.63, 3.8) is 0 Å². The standard InChI is InChI=1S/C14H10N4O/c15-7-10-8-16-13-4-2-1-3-12(13)14(10)17-9-11-5-6-19-18-11/h1-6,8H,9H2,(H,16,17). The maximum absolute atomic E-state index is 9.17. The number of anilines is 1. The smallest absolute Gasteiger partial charge is 0.124 e. The fourth-order valence-corrected chi connectivity index (χ4v) is 1.92. The van der Waals surface area contributed by atoms with Gasteiger partial charge < -0.3 is 9.84 Å². The van der Waals surface area contributed by atoms with Gasteiger partial charge in [-0.15, -0.1) is 0 Å². The molecule has 0 spiro atoms. The number of aromatic nitrogens is 2. The number of benzene rings is 1. The number of fused-ring (bicyclic) bond motifs is 1. The van der Waals surface area contributed by atoms with Crippen LogP contribution in [-0.2, 0) is 6.54 Å². The Balaban J connectivity index is 2.02. The number of nitrogens with zero attached hydrogens (tertiary/aromatic N) is 3. The van der Waals surface area contributed by atoms with Crippen molar-refractivity contribution in [2.24, 2.45) is 0 Å². The molecule has 2 heterocycles. The Morgan fingerprint density at radius 2 is 2.16 bits per heavy atom. The molecule has 1 N–H and O–H groups in total. The molecule has 0 atom stereocenters. The Morgan fingerprint density at radius 3 is 2.95 bits per heavy atom. The quantitative estimate of drug-likeness (QED) is 0.773. The number of nitrogens with one attached hydrogen (secondary N) is 1. The summed E-state index contributed by atoms with van der Waals surface area (Å²) >= 11 is 0. The van der Waals surface area contributed by atoms with E-state index in [1.54, 1.807) is 12.3 Å². The average molecular weight is 250 g/mol. The highest BCUT2D eigenvalue weighted by molar-refractivity contribution is 5.93. The van der Waals surface area contributed by atoms with Crippen LogP contribution < -0.4 is 5.32 Å². The zero-order valence-corrected chi connectivity index (χ0v) is 10.00. The van der Waals surface area contributed by atoms with E-state index in [-0.39, 0.29) is 0 Å². The molecule has 2 aromatic heterocycles. The monoisotopic (exact) mass is 250 g/mol. The first-order valence-corrected chi connectivity index (χ1v) is 5.79. The van der Waals surface area contributed by atoms with Gasteiger partial charge in [0, 0.05) is 17.6 Å². The average Bonchev–Trinajstić information content (AvgIpc) is 2.97. The summed E-state index contributed by atoms with van der Waals surface area (Å²) in [6.07, 6.45) is 3.10. The molecule has 5 heteroatoms. The molecule has 0 unspecified atom stereocenters. The first-order chi connectivity index (χ1) is 9.38. The minimum absolute atomic E-state index is 0.499. The number of nitriles is 1. The number of para-hydroxylation sites is 1. The zero-order chi connectivity index (χ0) is 13.1. The third-order valence-corrected chi connectivity index (χ3v) is 2.83. The minimum atomic E-state index is 0.499. The van der Waals surface area contributed by atoms with Crippen molar-refractivity contribution in [3.05, 3.63) is 54.0 Å². The van der Waals surface area contributed by atoms with E-state index in [0.29, 0.717) is 12.1 Å². The van der Waals surface area contributed by atoms with Crippen molar-refractivity contribution in [2.75, 3.05) is 5.32 Å². The zero-order valence-electron chi connectivity index (χ0n) is 10.00. The van der Waals surface area contributed by atoms with E-state index in [0.717, 1.165) is 22.3 Å². The fourth-order valence-electron chi connectivity index (χ4n) is 1.92. The van der Waals surface area contributed by atoms with Crippen molar-refractivity contribution in [1.82, 2.24) is 10.1 Å². The molecule has 3 aromatic rings. The number of pyridine rings is 1. The molecule has 0 bridgehead atoms. The highest BCUT2D eigenvalue weighted by Crippen LogP contribution is 2.25. The van der Waals surface area contributed by atoms with Crippen LogP contribution in [0.4, 0.5) is 5.69 Å². The minimum Gasteiger partial charge on any atom is -0.378 e. The van der Waals surface area contributed by atoms with Crippen LogP contribution in [0.5, 0.6) is 0 Å². The van der Waals surface area contributed by atoms with Gasteiger partial charge in [0.15, 0.2) is 0 Å². The van der Waals surface area contributed by atoms with Crippen molar-refractivity contribution in [1.29, 1.82) is 5.26 Å². The van der Waals surface area contributed by atoms with Gasteiger partial charge in [0.1, 0.15) is 18.0 Å². The third kappa shape index (κ3) is 2.11. The van der Waals surface area contributed by atoms with E-state index in [4.69, 9.17) is 4.52 Å². The fraction of sp³-hybridized carbons (Fsp3) is 0.0714. The summed E-state index contributed by atoms with van der Waals surface area (Å²) in [5.41, 5.74) is 2.92. The molecule has 1 aromatic carbocycles. The van der Waals surface area contributed by atoms with Crippen LogP contribution in [0, 0.1) is 11.3 Å². The van der Waals surface area contributed by atoms with E-state index < -0.39 is 0 Å². The van der Waals surface area contributed by atoms with Gasteiger partial charge in [-0.05, 0) is 6.07 Å². The Hall–Kier alpha value is -2.87. The van der Waals surface area contributed by atoms with Gasteiger partial charge >= 0.3 is 0 Å². The molecular formula is C14H10N4O.